The minimum Gasteiger partial charge on any atom is -0.299 e. The van der Waals surface area contributed by atoms with Crippen LogP contribution in [0.25, 0.3) is 0 Å². The Bertz CT molecular complexity index is 471. The molecule has 0 bridgehead atoms. The summed E-state index contributed by atoms with van der Waals surface area (Å²) >= 11 is 0. The van der Waals surface area contributed by atoms with E-state index in [2.05, 4.69) is 18.1 Å². The molecule has 0 saturated carbocycles. The monoisotopic (exact) mass is 274 g/mol. The van der Waals surface area contributed by atoms with Crippen molar-refractivity contribution >= 4 is 11.8 Å². The molecular formula is C16H22N2O2. The zero-order valence-corrected chi connectivity index (χ0v) is 12.1. The summed E-state index contributed by atoms with van der Waals surface area (Å²) in [5.74, 6) is -0.0329. The molecule has 2 aliphatic heterocycles. The van der Waals surface area contributed by atoms with E-state index in [9.17, 15) is 9.59 Å². The average Bonchev–Trinajstić information content (AvgIpc) is 2.65. The minimum absolute atomic E-state index is 0.00716. The number of rotatable bonds is 4. The van der Waals surface area contributed by atoms with Gasteiger partial charge in [0, 0.05) is 20.0 Å². The van der Waals surface area contributed by atoms with Gasteiger partial charge >= 0.3 is 0 Å². The number of imide groups is 1. The van der Waals surface area contributed by atoms with E-state index in [1.54, 1.807) is 13.1 Å². The standard InChI is InChI=1S/C16H22N2O2/c1-4-6-13(5-2)12-18-9-7-16(8-10-18)11-14(19)17(3)15(16)20/h4-6H,1-2,7-12H2,3H3/b13-6+. The van der Waals surface area contributed by atoms with Gasteiger partial charge in [0.25, 0.3) is 0 Å². The largest absolute Gasteiger partial charge is 0.299 e. The lowest BCUT2D eigenvalue weighted by Crippen LogP contribution is -2.44. The Morgan fingerprint density at radius 3 is 2.40 bits per heavy atom. The molecule has 0 aromatic rings. The first-order chi connectivity index (χ1) is 9.52. The predicted octanol–water partition coefficient (Wildman–Crippen LogP) is 1.76. The molecule has 4 heteroatoms. The Hall–Kier alpha value is -1.68. The third kappa shape index (κ3) is 2.61. The van der Waals surface area contributed by atoms with Crippen molar-refractivity contribution in [2.24, 2.45) is 5.41 Å². The highest BCUT2D eigenvalue weighted by molar-refractivity contribution is 6.05. The number of carbonyl (C=O) groups excluding carboxylic acids is 2. The van der Waals surface area contributed by atoms with E-state index >= 15 is 0 Å². The van der Waals surface area contributed by atoms with Gasteiger partial charge in [-0.2, -0.15) is 0 Å². The van der Waals surface area contributed by atoms with Crippen LogP contribution in [0.15, 0.2) is 37.0 Å². The maximum Gasteiger partial charge on any atom is 0.235 e. The molecule has 0 aromatic carbocycles. The van der Waals surface area contributed by atoms with Crippen LogP contribution in [0.3, 0.4) is 0 Å². The number of likely N-dealkylation sites (tertiary alicyclic amines) is 2. The number of nitrogens with zero attached hydrogens (tertiary/aromatic N) is 2. The lowest BCUT2D eigenvalue weighted by molar-refractivity contribution is -0.141. The Kier molecular flexibility index (Phi) is 4.23. The zero-order chi connectivity index (χ0) is 14.8. The highest BCUT2D eigenvalue weighted by Crippen LogP contribution is 2.41. The molecule has 2 aliphatic rings. The van der Waals surface area contributed by atoms with Crippen molar-refractivity contribution in [2.75, 3.05) is 26.7 Å². The molecule has 0 aliphatic carbocycles. The van der Waals surface area contributed by atoms with Crippen LogP contribution in [0.4, 0.5) is 0 Å². The molecule has 2 saturated heterocycles. The van der Waals surface area contributed by atoms with Crippen LogP contribution in [0, 0.1) is 5.41 Å². The normalized spacial score (nSPS) is 23.4. The molecule has 0 N–H and O–H groups in total. The van der Waals surface area contributed by atoms with Gasteiger partial charge < -0.3 is 0 Å². The highest BCUT2D eigenvalue weighted by Gasteiger charge is 2.51. The van der Waals surface area contributed by atoms with Crippen LogP contribution in [-0.2, 0) is 9.59 Å². The lowest BCUT2D eigenvalue weighted by Gasteiger charge is -2.37. The van der Waals surface area contributed by atoms with Crippen LogP contribution < -0.4 is 0 Å². The second kappa shape index (κ2) is 5.75. The van der Waals surface area contributed by atoms with E-state index in [1.165, 1.54) is 4.90 Å². The molecule has 0 atom stereocenters. The van der Waals surface area contributed by atoms with Crippen molar-refractivity contribution in [3.8, 4) is 0 Å². The van der Waals surface area contributed by atoms with Crippen molar-refractivity contribution in [3.05, 3.63) is 37.0 Å². The van der Waals surface area contributed by atoms with E-state index in [1.807, 2.05) is 12.2 Å². The van der Waals surface area contributed by atoms with E-state index in [0.29, 0.717) is 6.42 Å². The van der Waals surface area contributed by atoms with Gasteiger partial charge in [0.1, 0.15) is 0 Å². The van der Waals surface area contributed by atoms with E-state index < -0.39 is 5.41 Å². The van der Waals surface area contributed by atoms with Gasteiger partial charge in [0.15, 0.2) is 0 Å². The summed E-state index contributed by atoms with van der Waals surface area (Å²) in [5.41, 5.74) is 0.695. The van der Waals surface area contributed by atoms with Gasteiger partial charge in [-0.05, 0) is 31.5 Å². The fourth-order valence-corrected chi connectivity index (χ4v) is 3.08. The molecule has 0 radical (unpaired) electrons. The molecule has 2 rings (SSSR count). The van der Waals surface area contributed by atoms with E-state index in [4.69, 9.17) is 0 Å². The van der Waals surface area contributed by atoms with Crippen LogP contribution in [0.2, 0.25) is 0 Å². The molecule has 2 heterocycles. The average molecular weight is 274 g/mol. The van der Waals surface area contributed by atoms with Gasteiger partial charge in [-0.15, -0.1) is 0 Å². The lowest BCUT2D eigenvalue weighted by atomic mass is 9.77. The van der Waals surface area contributed by atoms with Crippen LogP contribution in [0.1, 0.15) is 19.3 Å². The van der Waals surface area contributed by atoms with Crippen LogP contribution >= 0.6 is 0 Å². The number of hydrogen-bond donors (Lipinski definition) is 0. The first-order valence-corrected chi connectivity index (χ1v) is 7.00. The van der Waals surface area contributed by atoms with E-state index in [-0.39, 0.29) is 11.8 Å². The maximum atomic E-state index is 12.2. The molecule has 4 nitrogen and oxygen atoms in total. The summed E-state index contributed by atoms with van der Waals surface area (Å²) in [6.07, 6.45) is 7.46. The fraction of sp³-hybridized carbons (Fsp3) is 0.500. The molecule has 0 aromatic heterocycles. The predicted molar refractivity (Wildman–Crippen MR) is 79.0 cm³/mol. The first kappa shape index (κ1) is 14.7. The van der Waals surface area contributed by atoms with Gasteiger partial charge in [-0.1, -0.05) is 31.4 Å². The summed E-state index contributed by atoms with van der Waals surface area (Å²) in [6.45, 7) is 10.0. The summed E-state index contributed by atoms with van der Waals surface area (Å²) in [4.78, 5) is 27.5. The molecule has 20 heavy (non-hydrogen) atoms. The summed E-state index contributed by atoms with van der Waals surface area (Å²) in [7, 11) is 1.59. The molecular weight excluding hydrogens is 252 g/mol. The Morgan fingerprint density at radius 2 is 1.95 bits per heavy atom. The van der Waals surface area contributed by atoms with Crippen LogP contribution in [0.5, 0.6) is 0 Å². The summed E-state index contributed by atoms with van der Waals surface area (Å²) < 4.78 is 0. The molecule has 2 amide bonds. The summed E-state index contributed by atoms with van der Waals surface area (Å²) in [6, 6.07) is 0. The summed E-state index contributed by atoms with van der Waals surface area (Å²) in [5, 5.41) is 0. The maximum absolute atomic E-state index is 12.2. The van der Waals surface area contributed by atoms with Gasteiger partial charge in [0.2, 0.25) is 11.8 Å². The van der Waals surface area contributed by atoms with Crippen molar-refractivity contribution in [3.63, 3.8) is 0 Å². The van der Waals surface area contributed by atoms with Crippen molar-refractivity contribution in [1.82, 2.24) is 9.80 Å². The first-order valence-electron chi connectivity index (χ1n) is 7.00. The Labute approximate surface area is 120 Å². The minimum atomic E-state index is -0.432. The van der Waals surface area contributed by atoms with Gasteiger partial charge in [0.05, 0.1) is 5.41 Å². The highest BCUT2D eigenvalue weighted by atomic mass is 16.2. The van der Waals surface area contributed by atoms with E-state index in [0.717, 1.165) is 38.0 Å². The zero-order valence-electron chi connectivity index (χ0n) is 12.1. The number of piperidine rings is 1. The fourth-order valence-electron chi connectivity index (χ4n) is 3.08. The smallest absolute Gasteiger partial charge is 0.235 e. The number of carbonyl (C=O) groups is 2. The molecule has 2 fully saturated rings. The number of amides is 2. The molecule has 108 valence electrons. The second-order valence-corrected chi connectivity index (χ2v) is 5.67. The van der Waals surface area contributed by atoms with Gasteiger partial charge in [-0.25, -0.2) is 0 Å². The third-order valence-electron chi connectivity index (χ3n) is 4.44. The number of hydrogen-bond acceptors (Lipinski definition) is 3. The third-order valence-corrected chi connectivity index (χ3v) is 4.44. The molecule has 1 spiro atoms. The Morgan fingerprint density at radius 1 is 1.30 bits per heavy atom. The van der Waals surface area contributed by atoms with Crippen molar-refractivity contribution in [1.29, 1.82) is 0 Å². The van der Waals surface area contributed by atoms with Crippen molar-refractivity contribution < 1.29 is 9.59 Å². The Balaban J connectivity index is 1.98. The van der Waals surface area contributed by atoms with Crippen molar-refractivity contribution in [2.45, 2.75) is 19.3 Å². The van der Waals surface area contributed by atoms with Crippen LogP contribution in [-0.4, -0.2) is 48.3 Å². The van der Waals surface area contributed by atoms with Gasteiger partial charge in [-0.3, -0.25) is 19.4 Å². The second-order valence-electron chi connectivity index (χ2n) is 5.67. The SMILES string of the molecule is C=C/C=C(\C=C)CN1CCC2(CC1)CC(=O)N(C)C2=O. The number of allylic oxidation sites excluding steroid dienone is 2. The topological polar surface area (TPSA) is 40.6 Å². The molecule has 0 unspecified atom stereocenters. The quantitative estimate of drug-likeness (QED) is 0.579.